The van der Waals surface area contributed by atoms with Gasteiger partial charge in [0, 0.05) is 38.3 Å². The second kappa shape index (κ2) is 6.92. The number of ether oxygens (including phenoxy) is 2. The molecule has 1 N–H and O–H groups in total. The number of halogens is 1. The van der Waals surface area contributed by atoms with Crippen molar-refractivity contribution >= 4 is 6.03 Å². The lowest BCUT2D eigenvalue weighted by atomic mass is 9.90. The van der Waals surface area contributed by atoms with Crippen molar-refractivity contribution in [1.82, 2.24) is 10.2 Å². The smallest absolute Gasteiger partial charge is 0.317 e. The van der Waals surface area contributed by atoms with Crippen LogP contribution >= 0.6 is 0 Å². The number of nitrogens with one attached hydrogen (secondary N) is 1. The van der Waals surface area contributed by atoms with Crippen molar-refractivity contribution in [3.63, 3.8) is 0 Å². The van der Waals surface area contributed by atoms with E-state index in [1.807, 2.05) is 11.0 Å². The van der Waals surface area contributed by atoms with E-state index in [1.54, 1.807) is 12.1 Å². The molecule has 1 aromatic rings. The Bertz CT molecular complexity index is 633. The number of benzene rings is 1. The van der Waals surface area contributed by atoms with E-state index in [4.69, 9.17) is 9.47 Å². The predicted molar refractivity (Wildman–Crippen MR) is 91.0 cm³/mol. The summed E-state index contributed by atoms with van der Waals surface area (Å²) in [6, 6.07) is 6.73. The van der Waals surface area contributed by atoms with E-state index in [0.29, 0.717) is 19.7 Å². The molecule has 25 heavy (non-hydrogen) atoms. The molecule has 0 aromatic heterocycles. The number of nitrogens with zero attached hydrogens (tertiary/aromatic N) is 1. The molecule has 4 rings (SSSR count). The van der Waals surface area contributed by atoms with Crippen LogP contribution in [0, 0.1) is 5.82 Å². The molecular formula is C19H25FN2O3. The van der Waals surface area contributed by atoms with E-state index in [0.717, 1.165) is 44.5 Å². The van der Waals surface area contributed by atoms with Crippen molar-refractivity contribution in [3.05, 3.63) is 35.6 Å². The van der Waals surface area contributed by atoms with Crippen molar-refractivity contribution in [2.24, 2.45) is 0 Å². The van der Waals surface area contributed by atoms with E-state index in [-0.39, 0.29) is 29.4 Å². The van der Waals surface area contributed by atoms with Crippen molar-refractivity contribution in [2.45, 2.75) is 43.2 Å². The average molecular weight is 348 g/mol. The highest BCUT2D eigenvalue weighted by Gasteiger charge is 2.41. The van der Waals surface area contributed by atoms with Crippen molar-refractivity contribution in [3.8, 4) is 0 Å². The predicted octanol–water partition coefficient (Wildman–Crippen LogP) is 2.66. The first-order valence-corrected chi connectivity index (χ1v) is 9.18. The highest BCUT2D eigenvalue weighted by atomic mass is 19.1. The lowest BCUT2D eigenvalue weighted by Gasteiger charge is -2.35. The topological polar surface area (TPSA) is 50.8 Å². The number of hydrogen-bond donors (Lipinski definition) is 1. The lowest BCUT2D eigenvalue weighted by molar-refractivity contribution is -0.105. The van der Waals surface area contributed by atoms with E-state index in [9.17, 15) is 9.18 Å². The maximum Gasteiger partial charge on any atom is 0.317 e. The number of hydrogen-bond acceptors (Lipinski definition) is 3. The van der Waals surface area contributed by atoms with Gasteiger partial charge in [0.15, 0.2) is 0 Å². The maximum atomic E-state index is 13.3. The second-order valence-corrected chi connectivity index (χ2v) is 7.33. The maximum absolute atomic E-state index is 13.3. The normalized spacial score (nSPS) is 28.4. The zero-order valence-electron chi connectivity index (χ0n) is 14.4. The third kappa shape index (κ3) is 3.80. The molecule has 2 aliphatic heterocycles. The Morgan fingerprint density at radius 2 is 2.04 bits per heavy atom. The van der Waals surface area contributed by atoms with Gasteiger partial charge in [0.1, 0.15) is 5.82 Å². The van der Waals surface area contributed by atoms with Gasteiger partial charge in [-0.1, -0.05) is 12.1 Å². The zero-order chi connectivity index (χ0) is 17.3. The summed E-state index contributed by atoms with van der Waals surface area (Å²) in [5.41, 5.74) is 0.849. The summed E-state index contributed by atoms with van der Waals surface area (Å²) < 4.78 is 24.9. The fourth-order valence-corrected chi connectivity index (χ4v) is 3.95. The van der Waals surface area contributed by atoms with Crippen LogP contribution in [0.25, 0.3) is 0 Å². The lowest BCUT2D eigenvalue weighted by Crippen LogP contribution is -2.43. The summed E-state index contributed by atoms with van der Waals surface area (Å²) >= 11 is 0. The van der Waals surface area contributed by atoms with Crippen LogP contribution in [0.4, 0.5) is 9.18 Å². The van der Waals surface area contributed by atoms with E-state index < -0.39 is 0 Å². The molecule has 2 amide bonds. The number of carbonyl (C=O) groups is 1. The van der Waals surface area contributed by atoms with Crippen LogP contribution in [0.3, 0.4) is 0 Å². The van der Waals surface area contributed by atoms with Crippen LogP contribution in [0.1, 0.15) is 37.2 Å². The number of carbonyl (C=O) groups excluding carboxylic acids is 1. The van der Waals surface area contributed by atoms with Crippen LogP contribution in [0.15, 0.2) is 24.3 Å². The molecule has 1 aliphatic carbocycles. The third-order valence-electron chi connectivity index (χ3n) is 5.67. The van der Waals surface area contributed by atoms with Gasteiger partial charge in [-0.15, -0.1) is 0 Å². The molecule has 1 saturated carbocycles. The Balaban J connectivity index is 1.30. The molecular weight excluding hydrogens is 323 g/mol. The summed E-state index contributed by atoms with van der Waals surface area (Å²) in [4.78, 5) is 14.4. The van der Waals surface area contributed by atoms with E-state index in [2.05, 4.69) is 5.32 Å². The van der Waals surface area contributed by atoms with E-state index in [1.165, 1.54) is 6.07 Å². The Hall–Kier alpha value is -1.66. The summed E-state index contributed by atoms with van der Waals surface area (Å²) in [6.07, 6.45) is 3.56. The van der Waals surface area contributed by atoms with Gasteiger partial charge in [0.05, 0.1) is 12.2 Å². The van der Waals surface area contributed by atoms with Gasteiger partial charge >= 0.3 is 6.03 Å². The van der Waals surface area contributed by atoms with Gasteiger partial charge in [-0.05, 0) is 43.4 Å². The minimum absolute atomic E-state index is 0.0309. The fourth-order valence-electron chi connectivity index (χ4n) is 3.95. The summed E-state index contributed by atoms with van der Waals surface area (Å²) in [6.45, 7) is 3.38. The van der Waals surface area contributed by atoms with Crippen molar-refractivity contribution < 1.29 is 18.7 Å². The summed E-state index contributed by atoms with van der Waals surface area (Å²) in [5, 5.41) is 3.10. The number of amides is 2. The molecule has 1 spiro atoms. The molecule has 0 radical (unpaired) electrons. The Labute approximate surface area is 147 Å². The van der Waals surface area contributed by atoms with Gasteiger partial charge in [-0.2, -0.15) is 0 Å². The van der Waals surface area contributed by atoms with Crippen LogP contribution in [0.5, 0.6) is 0 Å². The van der Waals surface area contributed by atoms with Gasteiger partial charge in [-0.3, -0.25) is 0 Å². The molecule has 3 fully saturated rings. The molecule has 0 unspecified atom stereocenters. The third-order valence-corrected chi connectivity index (χ3v) is 5.67. The highest BCUT2D eigenvalue weighted by Crippen LogP contribution is 2.41. The molecule has 0 bridgehead atoms. The number of rotatable bonds is 2. The van der Waals surface area contributed by atoms with Crippen LogP contribution in [-0.4, -0.2) is 55.5 Å². The molecule has 1 aromatic carbocycles. The van der Waals surface area contributed by atoms with E-state index >= 15 is 0 Å². The zero-order valence-corrected chi connectivity index (χ0v) is 14.4. The first-order chi connectivity index (χ1) is 12.2. The first-order valence-electron chi connectivity index (χ1n) is 9.18. The summed E-state index contributed by atoms with van der Waals surface area (Å²) in [5.74, 6) is 0.00520. The van der Waals surface area contributed by atoms with Crippen molar-refractivity contribution in [2.75, 3.05) is 32.9 Å². The molecule has 136 valence electrons. The standard InChI is InChI=1S/C19H25FN2O3/c20-15-3-1-2-14(12-15)16-13-17(16)21-18(23)22-7-4-19(25-11-8-22)5-9-24-10-6-19/h1-3,12,16-17H,4-11,13H2,(H,21,23)/t16-,17+/m0/s1. The van der Waals surface area contributed by atoms with Crippen LogP contribution in [0.2, 0.25) is 0 Å². The quantitative estimate of drug-likeness (QED) is 0.894. The minimum atomic E-state index is -0.221. The molecule has 2 heterocycles. The number of urea groups is 1. The van der Waals surface area contributed by atoms with Gasteiger partial charge in [0.2, 0.25) is 0 Å². The Kier molecular flexibility index (Phi) is 4.65. The Morgan fingerprint density at radius 1 is 1.20 bits per heavy atom. The van der Waals surface area contributed by atoms with Gasteiger partial charge in [-0.25, -0.2) is 9.18 Å². The SMILES string of the molecule is O=C(N[C@@H]1C[C@H]1c1cccc(F)c1)N1CCOC2(CCOCC2)CC1. The average Bonchev–Trinajstić information content (AvgIpc) is 3.40. The molecule has 2 atom stereocenters. The van der Waals surface area contributed by atoms with Crippen LogP contribution in [-0.2, 0) is 9.47 Å². The fraction of sp³-hybridized carbons (Fsp3) is 0.632. The highest BCUT2D eigenvalue weighted by molar-refractivity contribution is 5.75. The summed E-state index contributed by atoms with van der Waals surface area (Å²) in [7, 11) is 0. The van der Waals surface area contributed by atoms with Gasteiger partial charge < -0.3 is 19.7 Å². The molecule has 2 saturated heterocycles. The molecule has 6 heteroatoms. The Morgan fingerprint density at radius 3 is 2.84 bits per heavy atom. The molecule has 3 aliphatic rings. The molecule has 5 nitrogen and oxygen atoms in total. The minimum Gasteiger partial charge on any atom is -0.381 e. The first kappa shape index (κ1) is 16.8. The largest absolute Gasteiger partial charge is 0.381 e. The van der Waals surface area contributed by atoms with Gasteiger partial charge in [0.25, 0.3) is 0 Å². The second-order valence-electron chi connectivity index (χ2n) is 7.33. The van der Waals surface area contributed by atoms with Crippen molar-refractivity contribution in [1.29, 1.82) is 0 Å². The monoisotopic (exact) mass is 348 g/mol. The van der Waals surface area contributed by atoms with Crippen LogP contribution < -0.4 is 5.32 Å².